The van der Waals surface area contributed by atoms with Crippen LogP contribution in [0.2, 0.25) is 0 Å². The SMILES string of the molecule is CC(=O)NCCNC(=O)c1cc(C(C)C)n(C)n1. The molecule has 6 heteroatoms. The van der Waals surface area contributed by atoms with Crippen molar-refractivity contribution in [2.24, 2.45) is 7.05 Å². The van der Waals surface area contributed by atoms with E-state index in [0.717, 1.165) is 5.69 Å². The summed E-state index contributed by atoms with van der Waals surface area (Å²) in [4.78, 5) is 22.4. The number of nitrogens with one attached hydrogen (secondary N) is 2. The first-order valence-corrected chi connectivity index (χ1v) is 5.98. The minimum atomic E-state index is -0.220. The zero-order valence-corrected chi connectivity index (χ0v) is 11.3. The van der Waals surface area contributed by atoms with E-state index >= 15 is 0 Å². The molecule has 0 saturated carbocycles. The van der Waals surface area contributed by atoms with Gasteiger partial charge in [-0.15, -0.1) is 0 Å². The van der Waals surface area contributed by atoms with Gasteiger partial charge in [0, 0.05) is 32.8 Å². The van der Waals surface area contributed by atoms with Gasteiger partial charge in [0.1, 0.15) is 5.69 Å². The summed E-state index contributed by atoms with van der Waals surface area (Å²) in [5.74, 6) is -0.00420. The van der Waals surface area contributed by atoms with Crippen LogP contribution in [0.25, 0.3) is 0 Å². The van der Waals surface area contributed by atoms with Gasteiger partial charge in [0.05, 0.1) is 0 Å². The van der Waals surface area contributed by atoms with Crippen LogP contribution in [0.5, 0.6) is 0 Å². The minimum Gasteiger partial charge on any atom is -0.355 e. The molecule has 0 atom stereocenters. The minimum absolute atomic E-state index is 0.107. The number of aromatic nitrogens is 2. The van der Waals surface area contributed by atoms with Crippen LogP contribution in [0.15, 0.2) is 6.07 Å². The van der Waals surface area contributed by atoms with Crippen LogP contribution in [-0.4, -0.2) is 34.7 Å². The molecule has 1 aromatic heterocycles. The fourth-order valence-corrected chi connectivity index (χ4v) is 1.64. The molecular weight excluding hydrogens is 232 g/mol. The van der Waals surface area contributed by atoms with Crippen molar-refractivity contribution in [2.75, 3.05) is 13.1 Å². The molecule has 100 valence electrons. The molecule has 18 heavy (non-hydrogen) atoms. The van der Waals surface area contributed by atoms with Crippen molar-refractivity contribution in [2.45, 2.75) is 26.7 Å². The van der Waals surface area contributed by atoms with Crippen LogP contribution in [0.4, 0.5) is 0 Å². The predicted octanol–water partition coefficient (Wildman–Crippen LogP) is 0.409. The Morgan fingerprint density at radius 3 is 2.44 bits per heavy atom. The lowest BCUT2D eigenvalue weighted by atomic mass is 10.1. The maximum absolute atomic E-state index is 11.8. The summed E-state index contributed by atoms with van der Waals surface area (Å²) < 4.78 is 1.72. The van der Waals surface area contributed by atoms with E-state index in [1.54, 1.807) is 10.7 Å². The Balaban J connectivity index is 2.52. The molecule has 0 spiro atoms. The highest BCUT2D eigenvalue weighted by molar-refractivity contribution is 5.92. The van der Waals surface area contributed by atoms with Crippen LogP contribution >= 0.6 is 0 Å². The Morgan fingerprint density at radius 1 is 1.33 bits per heavy atom. The van der Waals surface area contributed by atoms with Crippen LogP contribution in [0.1, 0.15) is 42.9 Å². The Morgan fingerprint density at radius 2 is 1.94 bits per heavy atom. The normalized spacial score (nSPS) is 10.5. The number of amides is 2. The van der Waals surface area contributed by atoms with E-state index in [1.807, 2.05) is 7.05 Å². The first-order chi connectivity index (χ1) is 8.41. The van der Waals surface area contributed by atoms with Gasteiger partial charge in [0.25, 0.3) is 5.91 Å². The summed E-state index contributed by atoms with van der Waals surface area (Å²) in [7, 11) is 1.82. The Labute approximate surface area is 107 Å². The number of carbonyl (C=O) groups excluding carboxylic acids is 2. The summed E-state index contributed by atoms with van der Waals surface area (Å²) in [5, 5.41) is 9.48. The van der Waals surface area contributed by atoms with E-state index in [2.05, 4.69) is 29.6 Å². The smallest absolute Gasteiger partial charge is 0.271 e. The molecule has 1 aromatic rings. The quantitative estimate of drug-likeness (QED) is 0.745. The standard InChI is InChI=1S/C12H20N4O2/c1-8(2)11-7-10(15-16(11)4)12(18)14-6-5-13-9(3)17/h7-8H,5-6H2,1-4H3,(H,13,17)(H,14,18). The lowest BCUT2D eigenvalue weighted by Crippen LogP contribution is -2.33. The summed E-state index contributed by atoms with van der Waals surface area (Å²) in [6.07, 6.45) is 0. The van der Waals surface area contributed by atoms with Gasteiger partial charge in [-0.3, -0.25) is 14.3 Å². The van der Waals surface area contributed by atoms with E-state index in [1.165, 1.54) is 6.92 Å². The van der Waals surface area contributed by atoms with Gasteiger partial charge in [0.15, 0.2) is 0 Å². The molecular formula is C12H20N4O2. The van der Waals surface area contributed by atoms with Gasteiger partial charge in [0.2, 0.25) is 5.91 Å². The molecule has 2 N–H and O–H groups in total. The van der Waals surface area contributed by atoms with E-state index in [0.29, 0.717) is 24.7 Å². The molecule has 1 heterocycles. The van der Waals surface area contributed by atoms with E-state index in [-0.39, 0.29) is 11.8 Å². The number of hydrogen-bond donors (Lipinski definition) is 2. The van der Waals surface area contributed by atoms with Gasteiger partial charge < -0.3 is 10.6 Å². The van der Waals surface area contributed by atoms with E-state index in [9.17, 15) is 9.59 Å². The highest BCUT2D eigenvalue weighted by Gasteiger charge is 2.13. The largest absolute Gasteiger partial charge is 0.355 e. The van der Waals surface area contributed by atoms with Crippen LogP contribution in [0.3, 0.4) is 0 Å². The van der Waals surface area contributed by atoms with Crippen molar-refractivity contribution in [1.29, 1.82) is 0 Å². The van der Waals surface area contributed by atoms with Crippen LogP contribution < -0.4 is 10.6 Å². The third-order valence-electron chi connectivity index (χ3n) is 2.52. The van der Waals surface area contributed by atoms with Crippen LogP contribution in [0, 0.1) is 0 Å². The first kappa shape index (κ1) is 14.2. The van der Waals surface area contributed by atoms with Gasteiger partial charge in [-0.25, -0.2) is 0 Å². The molecule has 0 radical (unpaired) electrons. The average Bonchev–Trinajstić information content (AvgIpc) is 2.66. The third-order valence-corrected chi connectivity index (χ3v) is 2.52. The Hall–Kier alpha value is -1.85. The molecule has 0 aromatic carbocycles. The molecule has 6 nitrogen and oxygen atoms in total. The molecule has 0 aliphatic heterocycles. The lowest BCUT2D eigenvalue weighted by molar-refractivity contribution is -0.118. The summed E-state index contributed by atoms with van der Waals surface area (Å²) in [6, 6.07) is 1.79. The van der Waals surface area contributed by atoms with Gasteiger partial charge in [-0.2, -0.15) is 5.10 Å². The summed E-state index contributed by atoms with van der Waals surface area (Å²) in [6.45, 7) is 6.36. The number of rotatable bonds is 5. The van der Waals surface area contributed by atoms with Gasteiger partial charge in [-0.05, 0) is 12.0 Å². The van der Waals surface area contributed by atoms with Crippen molar-refractivity contribution in [3.8, 4) is 0 Å². The maximum atomic E-state index is 11.8. The Bertz CT molecular complexity index is 437. The van der Waals surface area contributed by atoms with Crippen molar-refractivity contribution in [1.82, 2.24) is 20.4 Å². The van der Waals surface area contributed by atoms with E-state index in [4.69, 9.17) is 0 Å². The van der Waals surface area contributed by atoms with Crippen molar-refractivity contribution in [3.05, 3.63) is 17.5 Å². The molecule has 1 rings (SSSR count). The third kappa shape index (κ3) is 3.87. The van der Waals surface area contributed by atoms with Crippen molar-refractivity contribution < 1.29 is 9.59 Å². The van der Waals surface area contributed by atoms with Crippen molar-refractivity contribution in [3.63, 3.8) is 0 Å². The lowest BCUT2D eigenvalue weighted by Gasteiger charge is -2.03. The summed E-state index contributed by atoms with van der Waals surface area (Å²) in [5.41, 5.74) is 1.42. The number of hydrogen-bond acceptors (Lipinski definition) is 3. The Kier molecular flexibility index (Phi) is 4.88. The highest BCUT2D eigenvalue weighted by atomic mass is 16.2. The summed E-state index contributed by atoms with van der Waals surface area (Å²) >= 11 is 0. The van der Waals surface area contributed by atoms with Gasteiger partial charge >= 0.3 is 0 Å². The second-order valence-corrected chi connectivity index (χ2v) is 4.47. The number of carbonyl (C=O) groups is 2. The molecule has 0 unspecified atom stereocenters. The number of nitrogens with zero attached hydrogens (tertiary/aromatic N) is 2. The zero-order chi connectivity index (χ0) is 13.7. The predicted molar refractivity (Wildman–Crippen MR) is 68.3 cm³/mol. The van der Waals surface area contributed by atoms with E-state index < -0.39 is 0 Å². The molecule has 2 amide bonds. The first-order valence-electron chi connectivity index (χ1n) is 5.98. The average molecular weight is 252 g/mol. The topological polar surface area (TPSA) is 76.0 Å². The fraction of sp³-hybridized carbons (Fsp3) is 0.583. The van der Waals surface area contributed by atoms with Gasteiger partial charge in [-0.1, -0.05) is 13.8 Å². The molecule has 0 aliphatic carbocycles. The van der Waals surface area contributed by atoms with Crippen molar-refractivity contribution >= 4 is 11.8 Å². The molecule has 0 bridgehead atoms. The highest BCUT2D eigenvalue weighted by Crippen LogP contribution is 2.14. The molecule has 0 saturated heterocycles. The molecule has 0 fully saturated rings. The fourth-order valence-electron chi connectivity index (χ4n) is 1.64. The molecule has 0 aliphatic rings. The second-order valence-electron chi connectivity index (χ2n) is 4.47. The monoisotopic (exact) mass is 252 g/mol. The second kappa shape index (κ2) is 6.18. The van der Waals surface area contributed by atoms with Crippen LogP contribution in [-0.2, 0) is 11.8 Å². The number of aryl methyl sites for hydroxylation is 1. The zero-order valence-electron chi connectivity index (χ0n) is 11.3. The maximum Gasteiger partial charge on any atom is 0.271 e.